The van der Waals surface area contributed by atoms with Gasteiger partial charge in [-0.25, -0.2) is 0 Å². The third-order valence-electron chi connectivity index (χ3n) is 4.14. The molecule has 1 aromatic carbocycles. The van der Waals surface area contributed by atoms with Crippen molar-refractivity contribution < 1.29 is 0 Å². The maximum Gasteiger partial charge on any atom is 0.0415 e. The molecule has 4 rings (SSSR count). The predicted molar refractivity (Wildman–Crippen MR) is 87.1 cm³/mol. The van der Waals surface area contributed by atoms with E-state index in [1.165, 1.54) is 39.3 Å². The highest BCUT2D eigenvalue weighted by atomic mass is 32.1. The first-order chi connectivity index (χ1) is 9.92. The van der Waals surface area contributed by atoms with Crippen molar-refractivity contribution in [2.75, 3.05) is 13.1 Å². The molecular formula is C18H17NS. The van der Waals surface area contributed by atoms with Crippen molar-refractivity contribution in [1.29, 1.82) is 0 Å². The molecule has 2 aliphatic rings. The molecule has 1 aliphatic carbocycles. The van der Waals surface area contributed by atoms with Crippen LogP contribution in [0.2, 0.25) is 0 Å². The number of allylic oxidation sites excluding steroid dienone is 1. The fourth-order valence-corrected chi connectivity index (χ4v) is 4.02. The molecule has 1 fully saturated rings. The summed E-state index contributed by atoms with van der Waals surface area (Å²) in [5, 5.41) is 8.34. The Hall–Kier alpha value is -1.64. The van der Waals surface area contributed by atoms with Gasteiger partial charge in [-0.1, -0.05) is 29.8 Å². The summed E-state index contributed by atoms with van der Waals surface area (Å²) in [6, 6.07) is 10.9. The van der Waals surface area contributed by atoms with Gasteiger partial charge in [0.15, 0.2) is 0 Å². The summed E-state index contributed by atoms with van der Waals surface area (Å²) < 4.78 is 0. The van der Waals surface area contributed by atoms with Crippen LogP contribution in [0.4, 0.5) is 0 Å². The molecule has 0 spiro atoms. The van der Waals surface area contributed by atoms with Gasteiger partial charge in [-0.15, -0.1) is 11.3 Å². The van der Waals surface area contributed by atoms with Gasteiger partial charge in [-0.05, 0) is 71.1 Å². The van der Waals surface area contributed by atoms with Crippen LogP contribution in [-0.4, -0.2) is 13.1 Å². The number of hydrogen-bond donors (Lipinski definition) is 1. The Kier molecular flexibility index (Phi) is 3.06. The number of rotatable bonds is 0. The second kappa shape index (κ2) is 5.04. The van der Waals surface area contributed by atoms with E-state index in [-0.39, 0.29) is 0 Å². The zero-order chi connectivity index (χ0) is 13.4. The SMILES string of the molecule is C1=c2ccccc2=Cc2ccsc2C1=C1CCNCC1. The molecule has 0 bridgehead atoms. The van der Waals surface area contributed by atoms with Gasteiger partial charge in [-0.3, -0.25) is 0 Å². The largest absolute Gasteiger partial charge is 0.316 e. The molecule has 0 radical (unpaired) electrons. The molecule has 2 heterocycles. The second-order valence-electron chi connectivity index (χ2n) is 5.39. The molecule has 1 saturated heterocycles. The van der Waals surface area contributed by atoms with Crippen LogP contribution in [0.5, 0.6) is 0 Å². The molecule has 2 aromatic rings. The van der Waals surface area contributed by atoms with E-state index in [2.05, 4.69) is 53.2 Å². The van der Waals surface area contributed by atoms with Crippen molar-refractivity contribution in [2.24, 2.45) is 0 Å². The molecule has 0 atom stereocenters. The molecule has 0 unspecified atom stereocenters. The van der Waals surface area contributed by atoms with E-state index in [1.54, 1.807) is 5.57 Å². The number of piperidine rings is 1. The van der Waals surface area contributed by atoms with E-state index in [4.69, 9.17) is 0 Å². The van der Waals surface area contributed by atoms with E-state index in [1.807, 2.05) is 11.3 Å². The Morgan fingerprint density at radius 2 is 1.65 bits per heavy atom. The number of benzene rings is 1. The van der Waals surface area contributed by atoms with Crippen LogP contribution in [0.1, 0.15) is 23.3 Å². The van der Waals surface area contributed by atoms with Gasteiger partial charge in [-0.2, -0.15) is 0 Å². The summed E-state index contributed by atoms with van der Waals surface area (Å²) in [4.78, 5) is 1.44. The molecule has 1 nitrogen and oxygen atoms in total. The fraction of sp³-hybridized carbons (Fsp3) is 0.222. The van der Waals surface area contributed by atoms with E-state index in [9.17, 15) is 0 Å². The number of fused-ring (bicyclic) bond motifs is 2. The average molecular weight is 279 g/mol. The van der Waals surface area contributed by atoms with Crippen LogP contribution in [0.15, 0.2) is 41.3 Å². The van der Waals surface area contributed by atoms with Crippen LogP contribution in [0, 0.1) is 0 Å². The summed E-state index contributed by atoms with van der Waals surface area (Å²) >= 11 is 1.87. The lowest BCUT2D eigenvalue weighted by Gasteiger charge is -2.18. The highest BCUT2D eigenvalue weighted by Crippen LogP contribution is 2.33. The molecular weight excluding hydrogens is 262 g/mol. The maximum absolute atomic E-state index is 3.45. The molecule has 1 aromatic heterocycles. The number of nitrogens with one attached hydrogen (secondary N) is 1. The smallest absolute Gasteiger partial charge is 0.0415 e. The van der Waals surface area contributed by atoms with E-state index >= 15 is 0 Å². The Bertz CT molecular complexity index is 787. The van der Waals surface area contributed by atoms with Crippen molar-refractivity contribution in [1.82, 2.24) is 5.32 Å². The lowest BCUT2D eigenvalue weighted by Crippen LogP contribution is -2.24. The van der Waals surface area contributed by atoms with Crippen molar-refractivity contribution in [3.63, 3.8) is 0 Å². The van der Waals surface area contributed by atoms with Crippen molar-refractivity contribution in [3.8, 4) is 0 Å². The molecule has 1 N–H and O–H groups in total. The van der Waals surface area contributed by atoms with Gasteiger partial charge >= 0.3 is 0 Å². The third kappa shape index (κ3) is 2.05. The first kappa shape index (κ1) is 12.1. The minimum absolute atomic E-state index is 1.11. The summed E-state index contributed by atoms with van der Waals surface area (Å²) in [5.41, 5.74) is 4.45. The van der Waals surface area contributed by atoms with Gasteiger partial charge in [0.2, 0.25) is 0 Å². The van der Waals surface area contributed by atoms with Gasteiger partial charge in [0.1, 0.15) is 0 Å². The quantitative estimate of drug-likeness (QED) is 0.781. The standard InChI is InChI=1S/C18H17NS/c1-2-4-15-12-17(13-5-8-19-9-6-13)18-16(7-10-20-18)11-14(15)3-1/h1-4,7,10-12,19H,5-6,8-9H2. The Morgan fingerprint density at radius 3 is 2.45 bits per heavy atom. The van der Waals surface area contributed by atoms with E-state index in [0.29, 0.717) is 0 Å². The van der Waals surface area contributed by atoms with Gasteiger partial charge in [0.25, 0.3) is 0 Å². The maximum atomic E-state index is 3.45. The second-order valence-corrected chi connectivity index (χ2v) is 6.31. The van der Waals surface area contributed by atoms with Crippen LogP contribution in [0.25, 0.3) is 17.7 Å². The average Bonchev–Trinajstić information content (AvgIpc) is 2.89. The molecule has 0 saturated carbocycles. The summed E-state index contributed by atoms with van der Waals surface area (Å²) in [5.74, 6) is 0. The predicted octanol–water partition coefficient (Wildman–Crippen LogP) is 2.51. The Labute approximate surface area is 123 Å². The van der Waals surface area contributed by atoms with Crippen molar-refractivity contribution in [2.45, 2.75) is 12.8 Å². The van der Waals surface area contributed by atoms with Crippen LogP contribution in [0.3, 0.4) is 0 Å². The minimum atomic E-state index is 1.11. The summed E-state index contributed by atoms with van der Waals surface area (Å²) in [7, 11) is 0. The van der Waals surface area contributed by atoms with Gasteiger partial charge in [0.05, 0.1) is 0 Å². The lowest BCUT2D eigenvalue weighted by molar-refractivity contribution is 0.612. The van der Waals surface area contributed by atoms with Crippen molar-refractivity contribution >= 4 is 29.1 Å². The van der Waals surface area contributed by atoms with E-state index < -0.39 is 0 Å². The zero-order valence-corrected chi connectivity index (χ0v) is 12.2. The fourth-order valence-electron chi connectivity index (χ4n) is 3.07. The van der Waals surface area contributed by atoms with Crippen LogP contribution in [-0.2, 0) is 0 Å². The first-order valence-corrected chi connectivity index (χ1v) is 8.09. The molecule has 20 heavy (non-hydrogen) atoms. The van der Waals surface area contributed by atoms with Crippen LogP contribution >= 0.6 is 11.3 Å². The lowest BCUT2D eigenvalue weighted by atomic mass is 9.96. The highest BCUT2D eigenvalue weighted by molar-refractivity contribution is 7.11. The van der Waals surface area contributed by atoms with Gasteiger partial charge in [0, 0.05) is 4.88 Å². The van der Waals surface area contributed by atoms with E-state index in [0.717, 1.165) is 13.1 Å². The number of thiophene rings is 1. The topological polar surface area (TPSA) is 12.0 Å². The van der Waals surface area contributed by atoms with Gasteiger partial charge < -0.3 is 5.32 Å². The molecule has 0 amide bonds. The monoisotopic (exact) mass is 279 g/mol. The normalized spacial score (nSPS) is 17.6. The van der Waals surface area contributed by atoms with Crippen molar-refractivity contribution in [3.05, 3.63) is 62.2 Å². The molecule has 2 heteroatoms. The van der Waals surface area contributed by atoms with Crippen LogP contribution < -0.4 is 15.8 Å². The Balaban J connectivity index is 2.03. The summed E-state index contributed by atoms with van der Waals surface area (Å²) in [6.07, 6.45) is 7.07. The zero-order valence-electron chi connectivity index (χ0n) is 11.4. The third-order valence-corrected chi connectivity index (χ3v) is 5.10. The summed E-state index contributed by atoms with van der Waals surface area (Å²) in [6.45, 7) is 2.22. The molecule has 1 aliphatic heterocycles. The number of hydrogen-bond acceptors (Lipinski definition) is 2. The Morgan fingerprint density at radius 1 is 0.900 bits per heavy atom. The first-order valence-electron chi connectivity index (χ1n) is 7.21. The molecule has 100 valence electrons. The minimum Gasteiger partial charge on any atom is -0.316 e. The highest BCUT2D eigenvalue weighted by Gasteiger charge is 2.15.